The lowest BCUT2D eigenvalue weighted by molar-refractivity contribution is 0.0953. The Morgan fingerprint density at radius 3 is 2.85 bits per heavy atom. The second kappa shape index (κ2) is 6.65. The molecule has 0 aromatic carbocycles. The highest BCUT2D eigenvalue weighted by Crippen LogP contribution is 2.43. The number of carbonyl (C=O) groups excluding carboxylic acids is 1. The van der Waals surface area contributed by atoms with Gasteiger partial charge in [0.1, 0.15) is 0 Å². The van der Waals surface area contributed by atoms with E-state index >= 15 is 0 Å². The molecule has 0 atom stereocenters. The molecule has 2 aliphatic rings. The van der Waals surface area contributed by atoms with Gasteiger partial charge in [0.05, 0.1) is 16.6 Å². The van der Waals surface area contributed by atoms with Crippen molar-refractivity contribution in [3.8, 4) is 12.3 Å². The van der Waals surface area contributed by atoms with E-state index in [-0.39, 0.29) is 11.5 Å². The van der Waals surface area contributed by atoms with Gasteiger partial charge in [-0.25, -0.2) is 0 Å². The third kappa shape index (κ3) is 3.37. The van der Waals surface area contributed by atoms with Crippen LogP contribution in [0, 0.1) is 12.3 Å². The summed E-state index contributed by atoms with van der Waals surface area (Å²) in [7, 11) is 0. The molecular weight excluding hydrogens is 344 g/mol. The Morgan fingerprint density at radius 1 is 1.44 bits per heavy atom. The van der Waals surface area contributed by atoms with Crippen LogP contribution in [0.5, 0.6) is 0 Å². The van der Waals surface area contributed by atoms with Gasteiger partial charge in [-0.2, -0.15) is 15.3 Å². The maximum atomic E-state index is 12.8. The quantitative estimate of drug-likeness (QED) is 0.700. The minimum atomic E-state index is -0.435. The Kier molecular flexibility index (Phi) is 4.30. The zero-order valence-corrected chi connectivity index (χ0v) is 15.3. The molecule has 3 heterocycles. The van der Waals surface area contributed by atoms with Gasteiger partial charge < -0.3 is 10.3 Å². The molecule has 2 aromatic rings. The van der Waals surface area contributed by atoms with Crippen LogP contribution >= 0.6 is 0 Å². The maximum absolute atomic E-state index is 12.8. The average Bonchev–Trinajstić information content (AvgIpc) is 3.58. The van der Waals surface area contributed by atoms with Crippen LogP contribution < -0.4 is 10.9 Å². The van der Waals surface area contributed by atoms with Gasteiger partial charge in [-0.3, -0.25) is 14.3 Å². The predicted molar refractivity (Wildman–Crippen MR) is 101 cm³/mol. The summed E-state index contributed by atoms with van der Waals surface area (Å²) >= 11 is 0. The molecule has 1 fully saturated rings. The van der Waals surface area contributed by atoms with Gasteiger partial charge in [-0.15, -0.1) is 12.3 Å². The number of carbonyl (C=O) groups is 1. The van der Waals surface area contributed by atoms with Gasteiger partial charge in [0.2, 0.25) is 5.56 Å². The van der Waals surface area contributed by atoms with Crippen molar-refractivity contribution in [1.29, 1.82) is 0 Å². The molecule has 1 aliphatic heterocycles. The lowest BCUT2D eigenvalue weighted by Crippen LogP contribution is -2.29. The molecule has 0 unspecified atom stereocenters. The first-order valence-electron chi connectivity index (χ1n) is 9.36. The fraction of sp³-hybridized carbons (Fsp3) is 0.526. The number of pyridine rings is 1. The number of aryl methyl sites for hydroxylation is 1. The van der Waals surface area contributed by atoms with E-state index < -0.39 is 5.66 Å². The van der Waals surface area contributed by atoms with Crippen molar-refractivity contribution in [3.63, 3.8) is 0 Å². The number of amides is 1. The lowest BCUT2D eigenvalue weighted by atomic mass is 10.0. The molecule has 8 heteroatoms. The summed E-state index contributed by atoms with van der Waals surface area (Å²) in [5.41, 5.74) is 1.15. The second-order valence-corrected chi connectivity index (χ2v) is 7.14. The van der Waals surface area contributed by atoms with Crippen LogP contribution in [-0.4, -0.2) is 32.9 Å². The Balaban J connectivity index is 1.56. The normalized spacial score (nSPS) is 17.0. The number of rotatable bonds is 8. The summed E-state index contributed by atoms with van der Waals surface area (Å²) in [5.74, 6) is 2.73. The number of nitrogens with zero attached hydrogens (tertiary/aromatic N) is 4. The number of H-pyrrole nitrogens is 1. The van der Waals surface area contributed by atoms with E-state index in [1.807, 2.05) is 11.6 Å². The van der Waals surface area contributed by atoms with Crippen molar-refractivity contribution in [1.82, 2.24) is 20.1 Å². The summed E-state index contributed by atoms with van der Waals surface area (Å²) in [6.45, 7) is 3.13. The number of terminal acetylenes is 1. The number of fused-ring (bicyclic) bond motifs is 1. The highest BCUT2D eigenvalue weighted by atomic mass is 16.2. The van der Waals surface area contributed by atoms with Gasteiger partial charge in [0.15, 0.2) is 11.3 Å². The van der Waals surface area contributed by atoms with E-state index in [9.17, 15) is 9.59 Å². The average molecular weight is 366 g/mol. The number of aromatic nitrogens is 3. The van der Waals surface area contributed by atoms with Crippen molar-refractivity contribution >= 4 is 16.9 Å². The summed E-state index contributed by atoms with van der Waals surface area (Å²) in [6.07, 6.45) is 9.38. The fourth-order valence-electron chi connectivity index (χ4n) is 3.52. The van der Waals surface area contributed by atoms with E-state index in [1.165, 1.54) is 6.07 Å². The van der Waals surface area contributed by atoms with Gasteiger partial charge in [-0.1, -0.05) is 0 Å². The van der Waals surface area contributed by atoms with Crippen LogP contribution in [0.4, 0.5) is 0 Å². The summed E-state index contributed by atoms with van der Waals surface area (Å²) in [6, 6.07) is 1.37. The molecule has 0 spiro atoms. The van der Waals surface area contributed by atoms with Crippen LogP contribution in [0.3, 0.4) is 0 Å². The maximum Gasteiger partial charge on any atom is 0.252 e. The van der Waals surface area contributed by atoms with Gasteiger partial charge in [-0.05, 0) is 19.8 Å². The van der Waals surface area contributed by atoms with Crippen LogP contribution in [0.1, 0.15) is 61.0 Å². The fourth-order valence-corrected chi connectivity index (χ4v) is 3.52. The number of aromatic amines is 1. The van der Waals surface area contributed by atoms with Crippen molar-refractivity contribution in [2.75, 3.05) is 6.54 Å². The lowest BCUT2D eigenvalue weighted by Gasteiger charge is -2.11. The predicted octanol–water partition coefficient (Wildman–Crippen LogP) is 2.32. The topological polar surface area (TPSA) is 104 Å². The number of nitrogens with one attached hydrogen (secondary N) is 2. The molecule has 1 saturated carbocycles. The molecule has 2 aromatic heterocycles. The SMILES string of the molecule is C#CCCC1(CCNC(=O)c2cc(=O)[nH]c3nn(CC)c(C4CC4)c23)N=N1. The van der Waals surface area contributed by atoms with Crippen LogP contribution in [0.15, 0.2) is 21.1 Å². The smallest absolute Gasteiger partial charge is 0.252 e. The van der Waals surface area contributed by atoms with Crippen LogP contribution in [0.2, 0.25) is 0 Å². The van der Waals surface area contributed by atoms with Crippen LogP contribution in [0.25, 0.3) is 11.0 Å². The Bertz CT molecular complexity index is 1020. The molecule has 0 radical (unpaired) electrons. The van der Waals surface area contributed by atoms with Crippen molar-refractivity contribution in [3.05, 3.63) is 27.7 Å². The molecule has 2 N–H and O–H groups in total. The van der Waals surface area contributed by atoms with E-state index in [4.69, 9.17) is 6.42 Å². The first kappa shape index (κ1) is 17.5. The Morgan fingerprint density at radius 2 is 2.22 bits per heavy atom. The first-order chi connectivity index (χ1) is 13.1. The monoisotopic (exact) mass is 366 g/mol. The van der Waals surface area contributed by atoms with E-state index in [0.29, 0.717) is 49.5 Å². The molecule has 1 aliphatic carbocycles. The highest BCUT2D eigenvalue weighted by molar-refractivity contribution is 6.06. The summed E-state index contributed by atoms with van der Waals surface area (Å²) < 4.78 is 1.89. The third-order valence-electron chi connectivity index (χ3n) is 5.15. The molecule has 1 amide bonds. The van der Waals surface area contributed by atoms with Crippen molar-refractivity contribution in [2.24, 2.45) is 10.2 Å². The third-order valence-corrected chi connectivity index (χ3v) is 5.15. The van der Waals surface area contributed by atoms with E-state index in [1.54, 1.807) is 0 Å². The summed E-state index contributed by atoms with van der Waals surface area (Å²) in [4.78, 5) is 27.6. The standard InChI is InChI=1S/C19H22N6O2/c1-3-5-8-19(23-24-19)9-10-20-18(27)13-11-14(26)21-17-15(13)16(12-6-7-12)25(4-2)22-17/h1,11-12H,4-10H2,2H3,(H,20,27)(H,21,22,26). The van der Waals surface area contributed by atoms with E-state index in [2.05, 4.69) is 31.5 Å². The largest absolute Gasteiger partial charge is 0.352 e. The van der Waals surface area contributed by atoms with Gasteiger partial charge in [0, 0.05) is 44.3 Å². The number of hydrogen-bond acceptors (Lipinski definition) is 5. The summed E-state index contributed by atoms with van der Waals surface area (Å²) in [5, 5.41) is 16.3. The van der Waals surface area contributed by atoms with E-state index in [0.717, 1.165) is 23.9 Å². The highest BCUT2D eigenvalue weighted by Gasteiger charge is 2.38. The van der Waals surface area contributed by atoms with Crippen molar-refractivity contribution in [2.45, 2.75) is 57.2 Å². The molecule has 140 valence electrons. The Labute approximate surface area is 156 Å². The zero-order valence-electron chi connectivity index (χ0n) is 15.3. The first-order valence-corrected chi connectivity index (χ1v) is 9.36. The molecular formula is C19H22N6O2. The van der Waals surface area contributed by atoms with Crippen molar-refractivity contribution < 1.29 is 4.79 Å². The van der Waals surface area contributed by atoms with Gasteiger partial charge >= 0.3 is 0 Å². The minimum Gasteiger partial charge on any atom is -0.352 e. The minimum absolute atomic E-state index is 0.267. The zero-order chi connectivity index (χ0) is 19.0. The number of hydrogen-bond donors (Lipinski definition) is 2. The molecule has 0 saturated heterocycles. The molecule has 27 heavy (non-hydrogen) atoms. The molecule has 8 nitrogen and oxygen atoms in total. The molecule has 0 bridgehead atoms. The molecule has 4 rings (SSSR count). The Hall–Kier alpha value is -2.95. The second-order valence-electron chi connectivity index (χ2n) is 7.14. The van der Waals surface area contributed by atoms with Crippen LogP contribution in [-0.2, 0) is 6.54 Å². The van der Waals surface area contributed by atoms with Gasteiger partial charge in [0.25, 0.3) is 5.91 Å².